The molecule has 4 rings (SSSR count). The average molecular weight is 536 g/mol. The number of halogens is 3. The standard InChI is InChI=1S/C30H28F3N3O3/c31-30(32,33)26-16-25(14-13-23(26)18-34)36-28(38)29(39,24-7-2-1-3-8-24)17-19-5-4-6-22(15-19)20-9-11-21(12-10-20)27(35)37/h4-6,9-16,24,39H,1-3,7-8,17H2,(H2,35,37)(H,36,38). The number of benzene rings is 3. The Morgan fingerprint density at radius 1 is 0.974 bits per heavy atom. The zero-order valence-corrected chi connectivity index (χ0v) is 21.1. The molecule has 0 aliphatic heterocycles. The summed E-state index contributed by atoms with van der Waals surface area (Å²) in [5.74, 6) is -1.71. The number of hydrogen-bond donors (Lipinski definition) is 3. The highest BCUT2D eigenvalue weighted by Gasteiger charge is 2.44. The van der Waals surface area contributed by atoms with E-state index in [1.54, 1.807) is 36.4 Å². The summed E-state index contributed by atoms with van der Waals surface area (Å²) in [4.78, 5) is 24.9. The van der Waals surface area contributed by atoms with E-state index in [0.29, 0.717) is 30.0 Å². The number of nitrogens with one attached hydrogen (secondary N) is 1. The highest BCUT2D eigenvalue weighted by atomic mass is 19.4. The van der Waals surface area contributed by atoms with Gasteiger partial charge in [0.05, 0.1) is 17.2 Å². The molecular formula is C30H28F3N3O3. The number of aliphatic hydroxyl groups is 1. The number of nitriles is 1. The summed E-state index contributed by atoms with van der Waals surface area (Å²) < 4.78 is 40.4. The zero-order valence-electron chi connectivity index (χ0n) is 21.1. The molecule has 1 fully saturated rings. The van der Waals surface area contributed by atoms with Crippen molar-refractivity contribution in [3.05, 3.63) is 89.0 Å². The Labute approximate surface area is 224 Å². The normalized spacial score (nSPS) is 15.7. The molecule has 0 saturated heterocycles. The molecule has 1 saturated carbocycles. The van der Waals surface area contributed by atoms with Gasteiger partial charge in [0.2, 0.25) is 5.91 Å². The Bertz CT molecular complexity index is 1410. The molecule has 2 amide bonds. The van der Waals surface area contributed by atoms with Crippen LogP contribution in [0.3, 0.4) is 0 Å². The molecule has 0 bridgehead atoms. The lowest BCUT2D eigenvalue weighted by Gasteiger charge is -2.37. The second kappa shape index (κ2) is 11.3. The van der Waals surface area contributed by atoms with E-state index < -0.39 is 34.7 Å². The van der Waals surface area contributed by atoms with Crippen molar-refractivity contribution >= 4 is 17.5 Å². The highest BCUT2D eigenvalue weighted by Crippen LogP contribution is 2.38. The lowest BCUT2D eigenvalue weighted by Crippen LogP contribution is -2.51. The molecule has 6 nitrogen and oxygen atoms in total. The van der Waals surface area contributed by atoms with Crippen molar-refractivity contribution in [2.24, 2.45) is 11.7 Å². The molecule has 9 heteroatoms. The van der Waals surface area contributed by atoms with E-state index in [4.69, 9.17) is 11.0 Å². The van der Waals surface area contributed by atoms with Crippen molar-refractivity contribution in [1.82, 2.24) is 0 Å². The first-order valence-electron chi connectivity index (χ1n) is 12.7. The van der Waals surface area contributed by atoms with E-state index in [9.17, 15) is 27.9 Å². The zero-order chi connectivity index (χ0) is 28.2. The molecule has 1 aliphatic carbocycles. The van der Waals surface area contributed by atoms with E-state index >= 15 is 0 Å². The van der Waals surface area contributed by atoms with Gasteiger partial charge in [-0.3, -0.25) is 9.59 Å². The number of carbonyl (C=O) groups is 2. The third-order valence-corrected chi connectivity index (χ3v) is 7.28. The summed E-state index contributed by atoms with van der Waals surface area (Å²) in [6.45, 7) is 0. The summed E-state index contributed by atoms with van der Waals surface area (Å²) in [6.07, 6.45) is -0.946. The minimum atomic E-state index is -4.78. The van der Waals surface area contributed by atoms with Crippen LogP contribution in [0.15, 0.2) is 66.7 Å². The van der Waals surface area contributed by atoms with E-state index in [1.165, 1.54) is 12.1 Å². The van der Waals surface area contributed by atoms with Crippen LogP contribution in [-0.2, 0) is 17.4 Å². The lowest BCUT2D eigenvalue weighted by atomic mass is 9.73. The van der Waals surface area contributed by atoms with Gasteiger partial charge in [0.1, 0.15) is 5.60 Å². The van der Waals surface area contributed by atoms with Crippen LogP contribution < -0.4 is 11.1 Å². The average Bonchev–Trinajstić information content (AvgIpc) is 2.93. The molecule has 1 aliphatic rings. The molecule has 0 aromatic heterocycles. The van der Waals surface area contributed by atoms with Gasteiger partial charge in [-0.25, -0.2) is 0 Å². The van der Waals surface area contributed by atoms with Crippen molar-refractivity contribution in [3.63, 3.8) is 0 Å². The molecular weight excluding hydrogens is 507 g/mol. The van der Waals surface area contributed by atoms with Crippen molar-refractivity contribution in [3.8, 4) is 17.2 Å². The SMILES string of the molecule is N#Cc1ccc(NC(=O)C(O)(Cc2cccc(-c3ccc(C(N)=O)cc3)c2)C2CCCCC2)cc1C(F)(F)F. The summed E-state index contributed by atoms with van der Waals surface area (Å²) in [5.41, 5.74) is 4.25. The Morgan fingerprint density at radius 2 is 1.67 bits per heavy atom. The fourth-order valence-corrected chi connectivity index (χ4v) is 5.18. The second-order valence-corrected chi connectivity index (χ2v) is 9.90. The number of nitrogens with zero attached hydrogens (tertiary/aromatic N) is 1. The minimum Gasteiger partial charge on any atom is -0.379 e. The van der Waals surface area contributed by atoms with E-state index in [1.807, 2.05) is 12.1 Å². The predicted molar refractivity (Wildman–Crippen MR) is 140 cm³/mol. The van der Waals surface area contributed by atoms with Gasteiger partial charge < -0.3 is 16.2 Å². The minimum absolute atomic E-state index is 0.0425. The van der Waals surface area contributed by atoms with Gasteiger partial charge in [-0.1, -0.05) is 55.7 Å². The van der Waals surface area contributed by atoms with Crippen LogP contribution in [0.4, 0.5) is 18.9 Å². The van der Waals surface area contributed by atoms with Gasteiger partial charge >= 0.3 is 6.18 Å². The van der Waals surface area contributed by atoms with Crippen LogP contribution in [0, 0.1) is 17.2 Å². The Kier molecular flexibility index (Phi) is 8.07. The van der Waals surface area contributed by atoms with Crippen LogP contribution in [-0.4, -0.2) is 22.5 Å². The van der Waals surface area contributed by atoms with Crippen LogP contribution in [0.25, 0.3) is 11.1 Å². The topological polar surface area (TPSA) is 116 Å². The number of primary amides is 1. The molecule has 4 N–H and O–H groups in total. The van der Waals surface area contributed by atoms with Crippen molar-refractivity contribution in [1.29, 1.82) is 5.26 Å². The van der Waals surface area contributed by atoms with E-state index in [0.717, 1.165) is 36.5 Å². The maximum Gasteiger partial charge on any atom is 0.417 e. The van der Waals surface area contributed by atoms with Gasteiger partial charge in [0.15, 0.2) is 0 Å². The summed E-state index contributed by atoms with van der Waals surface area (Å²) >= 11 is 0. The number of amides is 2. The van der Waals surface area contributed by atoms with Crippen LogP contribution in [0.1, 0.15) is 59.2 Å². The Morgan fingerprint density at radius 3 is 2.28 bits per heavy atom. The first kappa shape index (κ1) is 27.9. The number of carbonyl (C=O) groups excluding carboxylic acids is 2. The Hall–Kier alpha value is -4.16. The summed E-state index contributed by atoms with van der Waals surface area (Å²) in [7, 11) is 0. The van der Waals surface area contributed by atoms with Crippen LogP contribution in [0.5, 0.6) is 0 Å². The predicted octanol–water partition coefficient (Wildman–Crippen LogP) is 5.84. The van der Waals surface area contributed by atoms with E-state index in [2.05, 4.69) is 5.32 Å². The van der Waals surface area contributed by atoms with Gasteiger partial charge in [0.25, 0.3) is 5.91 Å². The molecule has 0 spiro atoms. The fourth-order valence-electron chi connectivity index (χ4n) is 5.18. The fraction of sp³-hybridized carbons (Fsp3) is 0.300. The summed E-state index contributed by atoms with van der Waals surface area (Å²) in [5, 5.41) is 23.4. The van der Waals surface area contributed by atoms with Gasteiger partial charge in [-0.2, -0.15) is 18.4 Å². The molecule has 39 heavy (non-hydrogen) atoms. The van der Waals surface area contributed by atoms with Crippen molar-refractivity contribution < 1.29 is 27.9 Å². The number of rotatable bonds is 7. The van der Waals surface area contributed by atoms with Gasteiger partial charge in [0, 0.05) is 17.7 Å². The molecule has 1 unspecified atom stereocenters. The maximum atomic E-state index is 13.6. The third-order valence-electron chi connectivity index (χ3n) is 7.28. The van der Waals surface area contributed by atoms with Crippen LogP contribution in [0.2, 0.25) is 0 Å². The largest absolute Gasteiger partial charge is 0.417 e. The van der Waals surface area contributed by atoms with E-state index in [-0.39, 0.29) is 18.0 Å². The molecule has 3 aromatic carbocycles. The molecule has 0 radical (unpaired) electrons. The molecule has 202 valence electrons. The molecule has 3 aromatic rings. The van der Waals surface area contributed by atoms with Gasteiger partial charge in [-0.15, -0.1) is 0 Å². The third kappa shape index (κ3) is 6.29. The van der Waals surface area contributed by atoms with Gasteiger partial charge in [-0.05, 0) is 65.8 Å². The Balaban J connectivity index is 1.64. The monoisotopic (exact) mass is 535 g/mol. The molecule has 1 atom stereocenters. The second-order valence-electron chi connectivity index (χ2n) is 9.90. The summed E-state index contributed by atoms with van der Waals surface area (Å²) in [6, 6.07) is 18.5. The first-order chi connectivity index (χ1) is 18.5. The number of nitrogens with two attached hydrogens (primary N) is 1. The maximum absolute atomic E-state index is 13.6. The number of anilines is 1. The van der Waals surface area contributed by atoms with Crippen LogP contribution >= 0.6 is 0 Å². The number of hydrogen-bond acceptors (Lipinski definition) is 4. The lowest BCUT2D eigenvalue weighted by molar-refractivity contribution is -0.142. The van der Waals surface area contributed by atoms with Crippen molar-refractivity contribution in [2.75, 3.05) is 5.32 Å². The first-order valence-corrected chi connectivity index (χ1v) is 12.7. The molecule has 0 heterocycles. The smallest absolute Gasteiger partial charge is 0.379 e. The highest BCUT2D eigenvalue weighted by molar-refractivity contribution is 5.98. The number of alkyl halides is 3. The van der Waals surface area contributed by atoms with Crippen molar-refractivity contribution in [2.45, 2.75) is 50.3 Å². The quantitative estimate of drug-likeness (QED) is 0.353.